The zero-order valence-electron chi connectivity index (χ0n) is 6.05. The number of hydrogen-bond donors (Lipinski definition) is 1. The fourth-order valence-electron chi connectivity index (χ4n) is 0.956. The largest absolute Gasteiger partial charge is 0.382 e. The summed E-state index contributed by atoms with van der Waals surface area (Å²) in [4.78, 5) is 3.89. The topological polar surface area (TPSA) is 24.9 Å². The first-order valence-electron chi connectivity index (χ1n) is 3.73. The summed E-state index contributed by atoms with van der Waals surface area (Å²) in [6.07, 6.45) is 4.27. The van der Waals surface area contributed by atoms with Crippen LogP contribution in [0.1, 0.15) is 12.8 Å². The van der Waals surface area contributed by atoms with Crippen molar-refractivity contribution in [1.29, 1.82) is 0 Å². The van der Waals surface area contributed by atoms with Crippen molar-refractivity contribution in [3.63, 3.8) is 0 Å². The van der Waals surface area contributed by atoms with E-state index in [1.165, 1.54) is 12.8 Å². The van der Waals surface area contributed by atoms with Crippen LogP contribution in [0.25, 0.3) is 0 Å². The van der Waals surface area contributed by atoms with Crippen LogP contribution in [0.2, 0.25) is 5.15 Å². The molecular formula is C8H9ClN2. The third kappa shape index (κ3) is 1.84. The van der Waals surface area contributed by atoms with Crippen LogP contribution in [-0.4, -0.2) is 11.0 Å². The highest BCUT2D eigenvalue weighted by atomic mass is 35.5. The quantitative estimate of drug-likeness (QED) is 0.686. The molecule has 0 atom stereocenters. The Morgan fingerprint density at radius 3 is 3.00 bits per heavy atom. The van der Waals surface area contributed by atoms with Gasteiger partial charge in [0.1, 0.15) is 5.15 Å². The van der Waals surface area contributed by atoms with E-state index < -0.39 is 0 Å². The molecule has 0 unspecified atom stereocenters. The van der Waals surface area contributed by atoms with E-state index in [-0.39, 0.29) is 0 Å². The Hall–Kier alpha value is -0.760. The summed E-state index contributed by atoms with van der Waals surface area (Å²) in [7, 11) is 0. The van der Waals surface area contributed by atoms with E-state index >= 15 is 0 Å². The van der Waals surface area contributed by atoms with Gasteiger partial charge in [-0.15, -0.1) is 0 Å². The van der Waals surface area contributed by atoms with Crippen molar-refractivity contribution in [3.8, 4) is 0 Å². The molecule has 1 aromatic heterocycles. The first-order chi connectivity index (χ1) is 5.34. The second kappa shape index (κ2) is 2.70. The van der Waals surface area contributed by atoms with Crippen LogP contribution in [-0.2, 0) is 0 Å². The number of aromatic nitrogens is 1. The zero-order chi connectivity index (χ0) is 7.68. The molecule has 0 spiro atoms. The average Bonchev–Trinajstić information content (AvgIpc) is 2.71. The van der Waals surface area contributed by atoms with E-state index in [4.69, 9.17) is 11.6 Å². The predicted molar refractivity (Wildman–Crippen MR) is 45.9 cm³/mol. The van der Waals surface area contributed by atoms with Gasteiger partial charge in [-0.1, -0.05) is 11.6 Å². The van der Waals surface area contributed by atoms with Crippen molar-refractivity contribution in [2.45, 2.75) is 18.9 Å². The second-order valence-corrected chi connectivity index (χ2v) is 3.17. The minimum absolute atomic E-state index is 0.552. The molecule has 1 N–H and O–H groups in total. The van der Waals surface area contributed by atoms with Crippen molar-refractivity contribution in [2.24, 2.45) is 0 Å². The number of halogens is 1. The SMILES string of the molecule is Clc1cc(NC2CC2)ccn1. The molecule has 1 aromatic rings. The van der Waals surface area contributed by atoms with Crippen LogP contribution in [0.4, 0.5) is 5.69 Å². The van der Waals surface area contributed by atoms with E-state index in [0.29, 0.717) is 11.2 Å². The van der Waals surface area contributed by atoms with E-state index in [0.717, 1.165) is 5.69 Å². The maximum atomic E-state index is 5.70. The molecule has 2 rings (SSSR count). The Balaban J connectivity index is 2.10. The number of anilines is 1. The summed E-state index contributed by atoms with van der Waals surface area (Å²) in [5.74, 6) is 0. The van der Waals surface area contributed by atoms with Gasteiger partial charge in [-0.25, -0.2) is 4.98 Å². The molecule has 0 amide bonds. The van der Waals surface area contributed by atoms with Crippen molar-refractivity contribution in [2.75, 3.05) is 5.32 Å². The van der Waals surface area contributed by atoms with Gasteiger partial charge in [0.25, 0.3) is 0 Å². The van der Waals surface area contributed by atoms with Gasteiger partial charge in [0.15, 0.2) is 0 Å². The Morgan fingerprint density at radius 1 is 1.55 bits per heavy atom. The third-order valence-electron chi connectivity index (χ3n) is 1.67. The lowest BCUT2D eigenvalue weighted by atomic mass is 10.4. The first-order valence-corrected chi connectivity index (χ1v) is 4.10. The van der Waals surface area contributed by atoms with Gasteiger partial charge in [-0.3, -0.25) is 0 Å². The first kappa shape index (κ1) is 6.92. The predicted octanol–water partition coefficient (Wildman–Crippen LogP) is 2.31. The molecule has 0 radical (unpaired) electrons. The maximum absolute atomic E-state index is 5.70. The van der Waals surface area contributed by atoms with Crippen molar-refractivity contribution < 1.29 is 0 Å². The van der Waals surface area contributed by atoms with Crippen LogP contribution >= 0.6 is 11.6 Å². The molecule has 0 saturated heterocycles. The summed E-state index contributed by atoms with van der Waals surface area (Å²) in [5.41, 5.74) is 1.08. The minimum atomic E-state index is 0.552. The Morgan fingerprint density at radius 2 is 2.36 bits per heavy atom. The molecule has 1 aliphatic carbocycles. The summed E-state index contributed by atoms with van der Waals surface area (Å²) in [6.45, 7) is 0. The van der Waals surface area contributed by atoms with Crippen LogP contribution in [0.3, 0.4) is 0 Å². The van der Waals surface area contributed by atoms with Crippen LogP contribution in [0.15, 0.2) is 18.3 Å². The van der Waals surface area contributed by atoms with Gasteiger partial charge in [0.2, 0.25) is 0 Å². The lowest BCUT2D eigenvalue weighted by Crippen LogP contribution is -2.00. The molecule has 1 heterocycles. The standard InChI is InChI=1S/C8H9ClN2/c9-8-5-7(3-4-10-8)11-6-1-2-6/h3-6H,1-2H2,(H,10,11). The molecule has 1 saturated carbocycles. The highest BCUT2D eigenvalue weighted by molar-refractivity contribution is 6.29. The van der Waals surface area contributed by atoms with Crippen LogP contribution < -0.4 is 5.32 Å². The van der Waals surface area contributed by atoms with Crippen molar-refractivity contribution in [1.82, 2.24) is 4.98 Å². The van der Waals surface area contributed by atoms with Crippen molar-refractivity contribution in [3.05, 3.63) is 23.5 Å². The van der Waals surface area contributed by atoms with Crippen LogP contribution in [0, 0.1) is 0 Å². The summed E-state index contributed by atoms with van der Waals surface area (Å²) < 4.78 is 0. The molecule has 3 heteroatoms. The zero-order valence-corrected chi connectivity index (χ0v) is 6.80. The molecule has 0 aliphatic heterocycles. The third-order valence-corrected chi connectivity index (χ3v) is 1.88. The van der Waals surface area contributed by atoms with Gasteiger partial charge in [-0.2, -0.15) is 0 Å². The van der Waals surface area contributed by atoms with Crippen LogP contribution in [0.5, 0.6) is 0 Å². The number of rotatable bonds is 2. The number of nitrogens with one attached hydrogen (secondary N) is 1. The van der Waals surface area contributed by atoms with Gasteiger partial charge in [0, 0.05) is 17.9 Å². The Labute approximate surface area is 70.6 Å². The van der Waals surface area contributed by atoms with E-state index in [2.05, 4.69) is 10.3 Å². The molecule has 1 aliphatic rings. The molecule has 58 valence electrons. The van der Waals surface area contributed by atoms with Gasteiger partial charge in [0.05, 0.1) is 0 Å². The normalized spacial score (nSPS) is 16.5. The smallest absolute Gasteiger partial charge is 0.131 e. The van der Waals surface area contributed by atoms with Gasteiger partial charge in [-0.05, 0) is 25.0 Å². The molecular weight excluding hydrogens is 160 g/mol. The Bertz CT molecular complexity index is 258. The second-order valence-electron chi connectivity index (χ2n) is 2.79. The maximum Gasteiger partial charge on any atom is 0.131 e. The minimum Gasteiger partial charge on any atom is -0.382 e. The number of nitrogens with zero attached hydrogens (tertiary/aromatic N) is 1. The molecule has 2 nitrogen and oxygen atoms in total. The number of pyridine rings is 1. The molecule has 0 bridgehead atoms. The fraction of sp³-hybridized carbons (Fsp3) is 0.375. The van der Waals surface area contributed by atoms with E-state index in [1.54, 1.807) is 6.20 Å². The molecule has 11 heavy (non-hydrogen) atoms. The van der Waals surface area contributed by atoms with E-state index in [1.807, 2.05) is 12.1 Å². The fourth-order valence-corrected chi connectivity index (χ4v) is 1.13. The molecule has 0 aromatic carbocycles. The van der Waals surface area contributed by atoms with Gasteiger partial charge < -0.3 is 5.32 Å². The summed E-state index contributed by atoms with van der Waals surface area (Å²) in [6, 6.07) is 4.46. The Kier molecular flexibility index (Phi) is 1.70. The highest BCUT2D eigenvalue weighted by Gasteiger charge is 2.20. The summed E-state index contributed by atoms with van der Waals surface area (Å²) >= 11 is 5.70. The lowest BCUT2D eigenvalue weighted by Gasteiger charge is -2.02. The van der Waals surface area contributed by atoms with Crippen molar-refractivity contribution >= 4 is 17.3 Å². The average molecular weight is 169 g/mol. The number of hydrogen-bond acceptors (Lipinski definition) is 2. The lowest BCUT2D eigenvalue weighted by molar-refractivity contribution is 1.15. The molecule has 1 fully saturated rings. The monoisotopic (exact) mass is 168 g/mol. The van der Waals surface area contributed by atoms with E-state index in [9.17, 15) is 0 Å². The summed E-state index contributed by atoms with van der Waals surface area (Å²) in [5, 5.41) is 3.88. The van der Waals surface area contributed by atoms with Gasteiger partial charge >= 0.3 is 0 Å². The highest BCUT2D eigenvalue weighted by Crippen LogP contribution is 2.25.